The van der Waals surface area contributed by atoms with Crippen LogP contribution in [0.2, 0.25) is 0 Å². The number of amides is 2. The van der Waals surface area contributed by atoms with E-state index in [0.29, 0.717) is 0 Å². The monoisotopic (exact) mass is 284 g/mol. The first kappa shape index (κ1) is 13.5. The molecule has 1 heterocycles. The molecule has 0 aromatic heterocycles. The van der Waals surface area contributed by atoms with E-state index in [1.54, 1.807) is 25.1 Å². The fourth-order valence-corrected chi connectivity index (χ4v) is 2.09. The number of benzene rings is 1. The van der Waals surface area contributed by atoms with Crippen LogP contribution in [0.3, 0.4) is 0 Å². The van der Waals surface area contributed by atoms with Gasteiger partial charge in [0.05, 0.1) is 17.4 Å². The minimum atomic E-state index is -3.94. The fourth-order valence-electron chi connectivity index (χ4n) is 1.69. The molecule has 102 valence electrons. The predicted octanol–water partition coefficient (Wildman–Crippen LogP) is 0.240. The Kier molecular flexibility index (Phi) is 3.07. The van der Waals surface area contributed by atoms with Gasteiger partial charge in [0.2, 0.25) is 0 Å². The molecule has 0 atom stereocenters. The molecule has 8 heteroatoms. The Balaban J connectivity index is 2.44. The summed E-state index contributed by atoms with van der Waals surface area (Å²) >= 11 is 0. The van der Waals surface area contributed by atoms with E-state index in [4.69, 9.17) is 0 Å². The summed E-state index contributed by atoms with van der Waals surface area (Å²) in [7, 11) is -0.373. The summed E-state index contributed by atoms with van der Waals surface area (Å²) in [5, 5.41) is 0.263. The second-order valence-electron chi connectivity index (χ2n) is 4.31. The van der Waals surface area contributed by atoms with Crippen LogP contribution in [-0.4, -0.2) is 45.6 Å². The Morgan fingerprint density at radius 3 is 2.21 bits per heavy atom. The van der Waals surface area contributed by atoms with Gasteiger partial charge < -0.3 is 4.90 Å². The van der Waals surface area contributed by atoms with Gasteiger partial charge in [-0.3, -0.25) is 9.59 Å². The zero-order valence-electron chi connectivity index (χ0n) is 10.6. The topological polar surface area (TPSA) is 84.0 Å². The fraction of sp³-hybridized carbons (Fsp3) is 0.273. The molecular weight excluding hydrogens is 272 g/mol. The van der Waals surface area contributed by atoms with Gasteiger partial charge in [-0.25, -0.2) is 0 Å². The number of imide groups is 1. The lowest BCUT2D eigenvalue weighted by atomic mass is 10.1. The smallest absolute Gasteiger partial charge is 0.287 e. The summed E-state index contributed by atoms with van der Waals surface area (Å²) in [6.07, 6.45) is 0.766. The summed E-state index contributed by atoms with van der Waals surface area (Å²) in [6, 6.07) is 4.64. The molecule has 0 N–H and O–H groups in total. The van der Waals surface area contributed by atoms with Crippen LogP contribution in [0.1, 0.15) is 20.7 Å². The molecular formula is C11H12N2O5S. The molecule has 2 rings (SSSR count). The van der Waals surface area contributed by atoms with Gasteiger partial charge in [0.25, 0.3) is 21.9 Å². The van der Waals surface area contributed by atoms with E-state index >= 15 is 0 Å². The third kappa shape index (κ3) is 2.45. The van der Waals surface area contributed by atoms with Crippen molar-refractivity contribution in [2.45, 2.75) is 0 Å². The summed E-state index contributed by atoms with van der Waals surface area (Å²) in [4.78, 5) is 25.6. The van der Waals surface area contributed by atoms with Crippen LogP contribution in [0.25, 0.3) is 0 Å². The van der Waals surface area contributed by atoms with Crippen molar-refractivity contribution in [2.24, 2.45) is 0 Å². The maximum Gasteiger partial charge on any atom is 0.287 e. The highest BCUT2D eigenvalue weighted by Gasteiger charge is 2.39. The van der Waals surface area contributed by atoms with Gasteiger partial charge >= 0.3 is 0 Å². The number of hydrogen-bond acceptors (Lipinski definition) is 6. The van der Waals surface area contributed by atoms with Crippen molar-refractivity contribution >= 4 is 27.6 Å². The molecule has 0 aliphatic carbocycles. The van der Waals surface area contributed by atoms with Crippen molar-refractivity contribution in [2.75, 3.05) is 25.3 Å². The highest BCUT2D eigenvalue weighted by molar-refractivity contribution is 7.85. The molecule has 2 amide bonds. The molecule has 1 aromatic carbocycles. The van der Waals surface area contributed by atoms with Gasteiger partial charge in [0.1, 0.15) is 0 Å². The quantitative estimate of drug-likeness (QED) is 0.739. The van der Waals surface area contributed by atoms with Crippen LogP contribution in [0.5, 0.6) is 0 Å². The second kappa shape index (κ2) is 4.32. The Bertz CT molecular complexity index is 666. The number of hydrogen-bond donors (Lipinski definition) is 0. The Labute approximate surface area is 110 Å². The highest BCUT2D eigenvalue weighted by Crippen LogP contribution is 2.27. The SMILES string of the molecule is CN(C)c1ccc2c(c1)C(=O)N(OS(C)(=O)=O)C2=O. The Morgan fingerprint density at radius 1 is 1.11 bits per heavy atom. The van der Waals surface area contributed by atoms with Gasteiger partial charge in [0, 0.05) is 19.8 Å². The number of rotatable bonds is 3. The van der Waals surface area contributed by atoms with Crippen molar-refractivity contribution in [3.05, 3.63) is 29.3 Å². The van der Waals surface area contributed by atoms with E-state index in [1.165, 1.54) is 12.1 Å². The summed E-state index contributed by atoms with van der Waals surface area (Å²) in [5.74, 6) is -1.56. The van der Waals surface area contributed by atoms with Crippen LogP contribution in [0, 0.1) is 0 Å². The normalized spacial score (nSPS) is 14.8. The molecule has 0 radical (unpaired) electrons. The number of hydroxylamine groups is 2. The van der Waals surface area contributed by atoms with Gasteiger partial charge in [-0.05, 0) is 18.2 Å². The van der Waals surface area contributed by atoms with Crippen molar-refractivity contribution in [3.63, 3.8) is 0 Å². The Hall–Kier alpha value is -1.93. The van der Waals surface area contributed by atoms with Crippen LogP contribution < -0.4 is 4.90 Å². The summed E-state index contributed by atoms with van der Waals surface area (Å²) in [5.41, 5.74) is 0.972. The number of carbonyl (C=O) groups is 2. The zero-order valence-corrected chi connectivity index (χ0v) is 11.4. The maximum absolute atomic E-state index is 12.0. The van der Waals surface area contributed by atoms with Crippen LogP contribution in [0.4, 0.5) is 5.69 Å². The number of fused-ring (bicyclic) bond motifs is 1. The van der Waals surface area contributed by atoms with E-state index in [0.717, 1.165) is 11.9 Å². The van der Waals surface area contributed by atoms with Gasteiger partial charge in [-0.15, -0.1) is 9.35 Å². The molecule has 0 spiro atoms. The average Bonchev–Trinajstić information content (AvgIpc) is 2.52. The lowest BCUT2D eigenvalue weighted by Gasteiger charge is -2.12. The predicted molar refractivity (Wildman–Crippen MR) is 67.2 cm³/mol. The van der Waals surface area contributed by atoms with Crippen molar-refractivity contribution in [1.82, 2.24) is 5.06 Å². The molecule has 19 heavy (non-hydrogen) atoms. The van der Waals surface area contributed by atoms with Gasteiger partial charge in [-0.2, -0.15) is 8.42 Å². The third-order valence-corrected chi connectivity index (χ3v) is 2.98. The van der Waals surface area contributed by atoms with E-state index in [-0.39, 0.29) is 16.2 Å². The van der Waals surface area contributed by atoms with Crippen molar-refractivity contribution < 1.29 is 22.3 Å². The van der Waals surface area contributed by atoms with Gasteiger partial charge in [0.15, 0.2) is 0 Å². The van der Waals surface area contributed by atoms with E-state index in [9.17, 15) is 18.0 Å². The molecule has 0 unspecified atom stereocenters. The first-order valence-corrected chi connectivity index (χ1v) is 7.12. The van der Waals surface area contributed by atoms with E-state index in [1.807, 2.05) is 0 Å². The van der Waals surface area contributed by atoms with Crippen molar-refractivity contribution in [1.29, 1.82) is 0 Å². The van der Waals surface area contributed by atoms with Crippen molar-refractivity contribution in [3.8, 4) is 0 Å². The van der Waals surface area contributed by atoms with Crippen LogP contribution in [-0.2, 0) is 14.4 Å². The molecule has 1 aliphatic rings. The molecule has 1 aliphatic heterocycles. The molecule has 7 nitrogen and oxygen atoms in total. The second-order valence-corrected chi connectivity index (χ2v) is 5.86. The largest absolute Gasteiger partial charge is 0.378 e. The lowest BCUT2D eigenvalue weighted by Crippen LogP contribution is -2.32. The highest BCUT2D eigenvalue weighted by atomic mass is 32.2. The summed E-state index contributed by atoms with van der Waals surface area (Å²) < 4.78 is 26.5. The van der Waals surface area contributed by atoms with Crippen LogP contribution >= 0.6 is 0 Å². The molecule has 1 aromatic rings. The average molecular weight is 284 g/mol. The molecule has 0 fully saturated rings. The molecule has 0 saturated carbocycles. The first-order valence-electron chi connectivity index (χ1n) is 5.30. The van der Waals surface area contributed by atoms with E-state index in [2.05, 4.69) is 4.28 Å². The zero-order chi connectivity index (χ0) is 14.4. The first-order chi connectivity index (χ1) is 8.70. The van der Waals surface area contributed by atoms with Crippen LogP contribution in [0.15, 0.2) is 18.2 Å². The molecule has 0 bridgehead atoms. The minimum Gasteiger partial charge on any atom is -0.378 e. The van der Waals surface area contributed by atoms with Gasteiger partial charge in [-0.1, -0.05) is 0 Å². The minimum absolute atomic E-state index is 0.124. The summed E-state index contributed by atoms with van der Waals surface area (Å²) in [6.45, 7) is 0. The number of nitrogens with zero attached hydrogens (tertiary/aromatic N) is 2. The third-order valence-electron chi connectivity index (χ3n) is 2.56. The Morgan fingerprint density at radius 2 is 1.68 bits per heavy atom. The molecule has 0 saturated heterocycles. The lowest BCUT2D eigenvalue weighted by molar-refractivity contribution is -0.00980. The standard InChI is InChI=1S/C11H12N2O5S/c1-12(2)7-4-5-8-9(6-7)11(15)13(10(8)14)18-19(3,16)17/h4-6H,1-3H3. The van der Waals surface area contributed by atoms with E-state index < -0.39 is 21.9 Å². The maximum atomic E-state index is 12.0. The number of carbonyl (C=O) groups excluding carboxylic acids is 2. The number of anilines is 1.